The molecule has 2 rings (SSSR count). The number of carbonyl (C=O) groups excluding carboxylic acids is 1. The van der Waals surface area contributed by atoms with Gasteiger partial charge in [0, 0.05) is 24.5 Å². The van der Waals surface area contributed by atoms with Gasteiger partial charge in [-0.2, -0.15) is 0 Å². The number of likely N-dealkylation sites (tertiary alicyclic amines) is 1. The van der Waals surface area contributed by atoms with Crippen LogP contribution in [0.4, 0.5) is 0 Å². The molecular formula is C17H26N2O3S. The third-order valence-electron chi connectivity index (χ3n) is 4.12. The number of likely N-dealkylation sites (N-methyl/N-ethyl adjacent to an activating group) is 1. The number of hydrogen-bond donors (Lipinski definition) is 1. The maximum Gasteiger partial charge on any atom is 0.236 e. The molecule has 1 amide bonds. The van der Waals surface area contributed by atoms with Crippen LogP contribution in [-0.4, -0.2) is 67.0 Å². The van der Waals surface area contributed by atoms with E-state index in [4.69, 9.17) is 4.74 Å². The number of carbonyl (C=O) groups is 1. The van der Waals surface area contributed by atoms with Crippen molar-refractivity contribution < 1.29 is 14.6 Å². The van der Waals surface area contributed by atoms with Crippen molar-refractivity contribution in [3.8, 4) is 5.75 Å². The number of hydrogen-bond acceptors (Lipinski definition) is 5. The van der Waals surface area contributed by atoms with E-state index in [0.29, 0.717) is 39.0 Å². The summed E-state index contributed by atoms with van der Waals surface area (Å²) in [5.74, 6) is 1.01. The van der Waals surface area contributed by atoms with Crippen molar-refractivity contribution in [3.63, 3.8) is 0 Å². The summed E-state index contributed by atoms with van der Waals surface area (Å²) in [5, 5.41) is 9.52. The van der Waals surface area contributed by atoms with Gasteiger partial charge >= 0.3 is 0 Å². The van der Waals surface area contributed by atoms with E-state index in [9.17, 15) is 9.90 Å². The largest absolute Gasteiger partial charge is 0.496 e. The zero-order valence-corrected chi connectivity index (χ0v) is 14.9. The van der Waals surface area contributed by atoms with Crippen molar-refractivity contribution in [2.75, 3.05) is 40.0 Å². The fourth-order valence-corrected chi connectivity index (χ4v) is 3.34. The summed E-state index contributed by atoms with van der Waals surface area (Å²) >= 11 is 1.66. The number of methoxy groups -OCH3 is 1. The number of ether oxygens (including phenoxy) is 1. The molecule has 128 valence electrons. The van der Waals surface area contributed by atoms with Crippen LogP contribution in [0.1, 0.15) is 18.4 Å². The summed E-state index contributed by atoms with van der Waals surface area (Å²) < 4.78 is 5.41. The van der Waals surface area contributed by atoms with Crippen LogP contribution in [0.15, 0.2) is 23.1 Å². The monoisotopic (exact) mass is 338 g/mol. The zero-order chi connectivity index (χ0) is 16.8. The van der Waals surface area contributed by atoms with Gasteiger partial charge in [0.2, 0.25) is 5.91 Å². The Morgan fingerprint density at radius 2 is 2.13 bits per heavy atom. The van der Waals surface area contributed by atoms with Crippen molar-refractivity contribution in [1.29, 1.82) is 0 Å². The highest BCUT2D eigenvalue weighted by atomic mass is 32.2. The van der Waals surface area contributed by atoms with Gasteiger partial charge in [-0.3, -0.25) is 9.69 Å². The Morgan fingerprint density at radius 3 is 2.74 bits per heavy atom. The van der Waals surface area contributed by atoms with E-state index in [1.165, 1.54) is 0 Å². The minimum Gasteiger partial charge on any atom is -0.496 e. The molecule has 1 heterocycles. The molecule has 0 unspecified atom stereocenters. The maximum absolute atomic E-state index is 12.3. The standard InChI is InChI=1S/C17H26N2O3S/c1-18(12-17(21)19-8-6-14(20)7-9-19)11-13-4-5-16(23-3)15(10-13)22-2/h4-5,10,14,20H,6-9,11-12H2,1-3H3. The van der Waals surface area contributed by atoms with Crippen LogP contribution in [-0.2, 0) is 11.3 Å². The quantitative estimate of drug-likeness (QED) is 0.802. The van der Waals surface area contributed by atoms with Gasteiger partial charge in [0.1, 0.15) is 5.75 Å². The van der Waals surface area contributed by atoms with E-state index >= 15 is 0 Å². The third kappa shape index (κ3) is 5.12. The Hall–Kier alpha value is -1.24. The van der Waals surface area contributed by atoms with E-state index in [-0.39, 0.29) is 12.0 Å². The minimum absolute atomic E-state index is 0.132. The molecule has 5 nitrogen and oxygen atoms in total. The van der Waals surface area contributed by atoms with Gasteiger partial charge in [-0.05, 0) is 43.8 Å². The maximum atomic E-state index is 12.3. The summed E-state index contributed by atoms with van der Waals surface area (Å²) in [5.41, 5.74) is 1.13. The zero-order valence-electron chi connectivity index (χ0n) is 14.1. The number of piperidine rings is 1. The molecule has 1 aromatic carbocycles. The van der Waals surface area contributed by atoms with Gasteiger partial charge in [0.05, 0.1) is 19.8 Å². The second-order valence-corrected chi connectivity index (χ2v) is 6.82. The number of aliphatic hydroxyl groups excluding tert-OH is 1. The Morgan fingerprint density at radius 1 is 1.43 bits per heavy atom. The Bertz CT molecular complexity index is 531. The molecule has 6 heteroatoms. The average molecular weight is 338 g/mol. The van der Waals surface area contributed by atoms with Crippen LogP contribution in [0, 0.1) is 0 Å². The molecule has 23 heavy (non-hydrogen) atoms. The first kappa shape index (κ1) is 18.1. The lowest BCUT2D eigenvalue weighted by Gasteiger charge is -2.31. The molecule has 1 aromatic rings. The van der Waals surface area contributed by atoms with Gasteiger partial charge in [0.25, 0.3) is 0 Å². The number of rotatable bonds is 6. The Labute approximate surface area is 142 Å². The first-order chi connectivity index (χ1) is 11.0. The molecule has 1 saturated heterocycles. The molecule has 1 aliphatic rings. The number of amides is 1. The lowest BCUT2D eigenvalue weighted by Crippen LogP contribution is -2.44. The van der Waals surface area contributed by atoms with E-state index in [1.54, 1.807) is 18.9 Å². The van der Waals surface area contributed by atoms with Gasteiger partial charge < -0.3 is 14.7 Å². The first-order valence-electron chi connectivity index (χ1n) is 7.88. The van der Waals surface area contributed by atoms with Crippen LogP contribution in [0.5, 0.6) is 5.75 Å². The van der Waals surface area contributed by atoms with Gasteiger partial charge in [-0.15, -0.1) is 11.8 Å². The smallest absolute Gasteiger partial charge is 0.236 e. The molecule has 0 radical (unpaired) electrons. The predicted molar refractivity (Wildman–Crippen MR) is 92.9 cm³/mol. The van der Waals surface area contributed by atoms with Crippen LogP contribution in [0.3, 0.4) is 0 Å². The summed E-state index contributed by atoms with van der Waals surface area (Å²) in [7, 11) is 3.63. The average Bonchev–Trinajstić information content (AvgIpc) is 2.55. The molecule has 1 fully saturated rings. The van der Waals surface area contributed by atoms with Crippen LogP contribution in [0.25, 0.3) is 0 Å². The molecule has 0 spiro atoms. The summed E-state index contributed by atoms with van der Waals surface area (Å²) in [6, 6.07) is 6.16. The highest BCUT2D eigenvalue weighted by Gasteiger charge is 2.22. The predicted octanol–water partition coefficient (Wildman–Crippen LogP) is 1.83. The van der Waals surface area contributed by atoms with Gasteiger partial charge in [-0.1, -0.05) is 6.07 Å². The highest BCUT2D eigenvalue weighted by Crippen LogP contribution is 2.28. The molecular weight excluding hydrogens is 312 g/mol. The second-order valence-electron chi connectivity index (χ2n) is 5.97. The molecule has 0 aromatic heterocycles. The minimum atomic E-state index is -0.251. The fourth-order valence-electron chi connectivity index (χ4n) is 2.79. The topological polar surface area (TPSA) is 53.0 Å². The molecule has 0 atom stereocenters. The Kier molecular flexibility index (Phi) is 6.74. The van der Waals surface area contributed by atoms with Crippen molar-refractivity contribution in [1.82, 2.24) is 9.80 Å². The number of nitrogens with zero attached hydrogens (tertiary/aromatic N) is 2. The SMILES string of the molecule is COc1cc(CN(C)CC(=O)N2CCC(O)CC2)ccc1SC. The van der Waals surface area contributed by atoms with E-state index < -0.39 is 0 Å². The molecule has 1 N–H and O–H groups in total. The summed E-state index contributed by atoms with van der Waals surface area (Å²) in [6.45, 7) is 2.41. The number of thioether (sulfide) groups is 1. The van der Waals surface area contributed by atoms with Crippen LogP contribution in [0.2, 0.25) is 0 Å². The molecule has 0 aliphatic carbocycles. The lowest BCUT2D eigenvalue weighted by atomic mass is 10.1. The van der Waals surface area contributed by atoms with Gasteiger partial charge in [-0.25, -0.2) is 0 Å². The molecule has 0 bridgehead atoms. The van der Waals surface area contributed by atoms with Crippen molar-refractivity contribution in [2.45, 2.75) is 30.4 Å². The summed E-state index contributed by atoms with van der Waals surface area (Å²) in [6.07, 6.45) is 3.14. The molecule has 0 saturated carbocycles. The third-order valence-corrected chi connectivity index (χ3v) is 4.90. The normalized spacial score (nSPS) is 16.0. The first-order valence-corrected chi connectivity index (χ1v) is 9.11. The Balaban J connectivity index is 1.89. The lowest BCUT2D eigenvalue weighted by molar-refractivity contribution is -0.134. The second kappa shape index (κ2) is 8.57. The summed E-state index contributed by atoms with van der Waals surface area (Å²) in [4.78, 5) is 17.3. The van der Waals surface area contributed by atoms with Gasteiger partial charge in [0.15, 0.2) is 0 Å². The highest BCUT2D eigenvalue weighted by molar-refractivity contribution is 7.98. The number of aliphatic hydroxyl groups is 1. The van der Waals surface area contributed by atoms with E-state index in [0.717, 1.165) is 16.2 Å². The van der Waals surface area contributed by atoms with Crippen molar-refractivity contribution in [3.05, 3.63) is 23.8 Å². The fraction of sp³-hybridized carbons (Fsp3) is 0.588. The van der Waals surface area contributed by atoms with Crippen LogP contribution < -0.4 is 4.74 Å². The van der Waals surface area contributed by atoms with Crippen LogP contribution >= 0.6 is 11.8 Å². The van der Waals surface area contributed by atoms with Crippen molar-refractivity contribution in [2.24, 2.45) is 0 Å². The number of benzene rings is 1. The van der Waals surface area contributed by atoms with E-state index in [1.807, 2.05) is 29.2 Å². The van der Waals surface area contributed by atoms with E-state index in [2.05, 4.69) is 12.1 Å². The molecule has 1 aliphatic heterocycles. The van der Waals surface area contributed by atoms with Crippen molar-refractivity contribution >= 4 is 17.7 Å².